The highest BCUT2D eigenvalue weighted by Gasteiger charge is 2.45. The number of aromatic nitrogens is 1. The summed E-state index contributed by atoms with van der Waals surface area (Å²) in [7, 11) is 1.31. The number of benzene rings is 1. The molecule has 1 saturated heterocycles. The van der Waals surface area contributed by atoms with Crippen molar-refractivity contribution in [3.63, 3.8) is 0 Å². The van der Waals surface area contributed by atoms with Gasteiger partial charge in [0.15, 0.2) is 8.32 Å². The maximum atomic E-state index is 12.8. The van der Waals surface area contributed by atoms with E-state index in [2.05, 4.69) is 49.8 Å². The fourth-order valence-corrected chi connectivity index (χ4v) is 6.70. The number of rotatable bonds is 6. The van der Waals surface area contributed by atoms with Crippen LogP contribution >= 0.6 is 0 Å². The lowest BCUT2D eigenvalue weighted by Gasteiger charge is -2.47. The normalized spacial score (nSPS) is 23.7. The van der Waals surface area contributed by atoms with Crippen LogP contribution in [-0.4, -0.2) is 58.1 Å². The predicted molar refractivity (Wildman–Crippen MR) is 143 cm³/mol. The van der Waals surface area contributed by atoms with Crippen LogP contribution in [0.2, 0.25) is 18.1 Å². The first-order chi connectivity index (χ1) is 16.5. The summed E-state index contributed by atoms with van der Waals surface area (Å²) in [5.74, 6) is 1.02. The minimum atomic E-state index is -1.91. The molecule has 0 unspecified atom stereocenters. The van der Waals surface area contributed by atoms with Gasteiger partial charge >= 0.3 is 5.97 Å². The third-order valence-electron chi connectivity index (χ3n) is 8.68. The second-order valence-electron chi connectivity index (χ2n) is 11.6. The number of hydrogen-bond donors (Lipinski definition) is 1. The molecule has 2 aliphatic heterocycles. The van der Waals surface area contributed by atoms with Crippen molar-refractivity contribution in [1.29, 1.82) is 0 Å². The number of aromatic amines is 1. The van der Waals surface area contributed by atoms with Crippen LogP contribution in [0.5, 0.6) is 5.75 Å². The Kier molecular flexibility index (Phi) is 7.24. The van der Waals surface area contributed by atoms with E-state index in [4.69, 9.17) is 13.9 Å². The zero-order valence-electron chi connectivity index (χ0n) is 22.7. The highest BCUT2D eigenvalue weighted by atomic mass is 28.4. The predicted octanol–water partition coefficient (Wildman–Crippen LogP) is 5.85. The molecule has 1 N–H and O–H groups in total. The van der Waals surface area contributed by atoms with Gasteiger partial charge in [-0.15, -0.1) is 0 Å². The smallest absolute Gasteiger partial charge is 0.333 e. The van der Waals surface area contributed by atoms with Gasteiger partial charge in [-0.25, -0.2) is 4.79 Å². The monoisotopic (exact) mass is 498 g/mol. The van der Waals surface area contributed by atoms with E-state index in [0.717, 1.165) is 42.8 Å². The molecule has 35 heavy (non-hydrogen) atoms. The van der Waals surface area contributed by atoms with Crippen LogP contribution in [0.15, 0.2) is 29.8 Å². The van der Waals surface area contributed by atoms with Gasteiger partial charge < -0.3 is 18.9 Å². The number of allylic oxidation sites excluding steroid dienone is 1. The van der Waals surface area contributed by atoms with Crippen molar-refractivity contribution in [1.82, 2.24) is 9.88 Å². The molecule has 0 amide bonds. The Bertz CT molecular complexity index is 1110. The molecule has 192 valence electrons. The van der Waals surface area contributed by atoms with Crippen molar-refractivity contribution in [2.75, 3.05) is 33.9 Å². The highest BCUT2D eigenvalue weighted by molar-refractivity contribution is 6.74. The lowest BCUT2D eigenvalue weighted by atomic mass is 9.75. The summed E-state index contributed by atoms with van der Waals surface area (Å²) >= 11 is 0. The molecule has 0 aliphatic carbocycles. The lowest BCUT2D eigenvalue weighted by Crippen LogP contribution is -2.50. The SMILES string of the molecule is C/C=C(/C(=O)OC)[C@H]1C[C@H]2c3[nH]c4cccc(OC)c4c3CCN2C[C@H]1CO[Si](C)(C)C(C)(C)C. The lowest BCUT2D eigenvalue weighted by molar-refractivity contribution is -0.137. The van der Waals surface area contributed by atoms with E-state index in [9.17, 15) is 4.79 Å². The third-order valence-corrected chi connectivity index (χ3v) is 13.2. The van der Waals surface area contributed by atoms with Gasteiger partial charge in [0.25, 0.3) is 0 Å². The van der Waals surface area contributed by atoms with Gasteiger partial charge in [-0.2, -0.15) is 0 Å². The number of nitrogens with zero attached hydrogens (tertiary/aromatic N) is 1. The van der Waals surface area contributed by atoms with E-state index in [1.54, 1.807) is 7.11 Å². The molecule has 3 atom stereocenters. The van der Waals surface area contributed by atoms with E-state index in [0.29, 0.717) is 6.61 Å². The fraction of sp³-hybridized carbons (Fsp3) is 0.607. The maximum absolute atomic E-state index is 12.8. The number of H-pyrrole nitrogens is 1. The Morgan fingerprint density at radius 1 is 1.26 bits per heavy atom. The number of fused-ring (bicyclic) bond motifs is 5. The Hall–Kier alpha value is -2.09. The minimum Gasteiger partial charge on any atom is -0.496 e. The van der Waals surface area contributed by atoms with Crippen LogP contribution in [0, 0.1) is 11.8 Å². The largest absolute Gasteiger partial charge is 0.496 e. The Balaban J connectivity index is 1.69. The highest BCUT2D eigenvalue weighted by Crippen LogP contribution is 2.47. The van der Waals surface area contributed by atoms with Crippen LogP contribution in [0.25, 0.3) is 10.9 Å². The molecule has 2 aliphatic rings. The molecule has 0 radical (unpaired) electrons. The number of nitrogens with one attached hydrogen (secondary N) is 1. The summed E-state index contributed by atoms with van der Waals surface area (Å²) in [6.07, 6.45) is 3.80. The van der Waals surface area contributed by atoms with Gasteiger partial charge in [0.05, 0.1) is 20.3 Å². The second-order valence-corrected chi connectivity index (χ2v) is 16.4. The number of carbonyl (C=O) groups is 1. The van der Waals surface area contributed by atoms with Gasteiger partial charge in [-0.1, -0.05) is 32.9 Å². The van der Waals surface area contributed by atoms with E-state index >= 15 is 0 Å². The molecular weight excluding hydrogens is 456 g/mol. The van der Waals surface area contributed by atoms with Gasteiger partial charge in [0.2, 0.25) is 0 Å². The van der Waals surface area contributed by atoms with Gasteiger partial charge in [-0.3, -0.25) is 4.90 Å². The molecule has 2 aromatic rings. The van der Waals surface area contributed by atoms with E-state index in [1.807, 2.05) is 25.1 Å². The summed E-state index contributed by atoms with van der Waals surface area (Å²) < 4.78 is 17.6. The van der Waals surface area contributed by atoms with Crippen LogP contribution < -0.4 is 4.74 Å². The van der Waals surface area contributed by atoms with Crippen molar-refractivity contribution in [3.8, 4) is 5.75 Å². The summed E-state index contributed by atoms with van der Waals surface area (Å²) in [4.78, 5) is 19.1. The van der Waals surface area contributed by atoms with Crippen LogP contribution in [-0.2, 0) is 20.4 Å². The summed E-state index contributed by atoms with van der Waals surface area (Å²) in [6, 6.07) is 6.43. The summed E-state index contributed by atoms with van der Waals surface area (Å²) in [5, 5.41) is 1.35. The van der Waals surface area contributed by atoms with E-state index in [1.165, 1.54) is 23.8 Å². The van der Waals surface area contributed by atoms with Crippen LogP contribution in [0.4, 0.5) is 0 Å². The van der Waals surface area contributed by atoms with Crippen LogP contribution in [0.3, 0.4) is 0 Å². The molecular formula is C28H42N2O4Si. The van der Waals surface area contributed by atoms with Gasteiger partial charge in [0, 0.05) is 47.8 Å². The first-order valence-electron chi connectivity index (χ1n) is 12.8. The van der Waals surface area contributed by atoms with Gasteiger partial charge in [-0.05, 0) is 61.5 Å². The standard InChI is InChI=1S/C28H42N2O4Si/c1-9-19(27(31)33-6)21-15-23-26-20(25-22(29-26)11-10-12-24(25)32-5)13-14-30(23)16-18(21)17-34-35(7,8)28(2,3)4/h9-12,18,21,23,29H,13-17H2,1-8H3/b19-9+/t18-,21-,23-/m0/s1. The van der Waals surface area contributed by atoms with E-state index in [-0.39, 0.29) is 28.9 Å². The zero-order chi connectivity index (χ0) is 25.5. The molecule has 0 bridgehead atoms. The average Bonchev–Trinajstić information content (AvgIpc) is 3.21. The molecule has 4 rings (SSSR count). The fourth-order valence-electron chi connectivity index (χ4n) is 5.64. The molecule has 1 aromatic carbocycles. The molecule has 0 spiro atoms. The van der Waals surface area contributed by atoms with E-state index < -0.39 is 8.32 Å². The minimum absolute atomic E-state index is 0.0812. The second kappa shape index (κ2) is 9.75. The first-order valence-corrected chi connectivity index (χ1v) is 15.7. The number of esters is 1. The quantitative estimate of drug-likeness (QED) is 0.307. The average molecular weight is 499 g/mol. The topological polar surface area (TPSA) is 63.8 Å². The molecule has 7 heteroatoms. The maximum Gasteiger partial charge on any atom is 0.333 e. The summed E-state index contributed by atoms with van der Waals surface area (Å²) in [6.45, 7) is 15.9. The Morgan fingerprint density at radius 3 is 2.63 bits per heavy atom. The number of hydrogen-bond acceptors (Lipinski definition) is 5. The Labute approximate surface area is 211 Å². The molecule has 6 nitrogen and oxygen atoms in total. The number of piperidine rings is 1. The van der Waals surface area contributed by atoms with Gasteiger partial charge in [0.1, 0.15) is 5.75 Å². The number of carbonyl (C=O) groups excluding carboxylic acids is 1. The number of ether oxygens (including phenoxy) is 2. The number of methoxy groups -OCH3 is 2. The zero-order valence-corrected chi connectivity index (χ0v) is 23.7. The Morgan fingerprint density at radius 2 is 2.00 bits per heavy atom. The third kappa shape index (κ3) is 4.70. The first kappa shape index (κ1) is 26.0. The van der Waals surface area contributed by atoms with Crippen molar-refractivity contribution in [2.24, 2.45) is 11.8 Å². The molecule has 1 fully saturated rings. The molecule has 0 saturated carbocycles. The van der Waals surface area contributed by atoms with Crippen LogP contribution in [0.1, 0.15) is 51.4 Å². The van der Waals surface area contributed by atoms with Crippen molar-refractivity contribution < 1.29 is 18.7 Å². The summed E-state index contributed by atoms with van der Waals surface area (Å²) in [5.41, 5.74) is 4.52. The molecule has 1 aromatic heterocycles. The van der Waals surface area contributed by atoms with Crippen molar-refractivity contribution in [2.45, 2.75) is 64.7 Å². The van der Waals surface area contributed by atoms with Crippen molar-refractivity contribution in [3.05, 3.63) is 41.1 Å². The molecule has 3 heterocycles. The van der Waals surface area contributed by atoms with Crippen molar-refractivity contribution >= 4 is 25.2 Å².